The van der Waals surface area contributed by atoms with Crippen molar-refractivity contribution in [2.45, 2.75) is 0 Å². The van der Waals surface area contributed by atoms with Crippen molar-refractivity contribution in [3.05, 3.63) is 18.9 Å². The zero-order valence-corrected chi connectivity index (χ0v) is 3.14. The van der Waals surface area contributed by atoms with Crippen molar-refractivity contribution in [3.8, 4) is 0 Å². The normalized spacial score (nSPS) is 2.00. The van der Waals surface area contributed by atoms with Gasteiger partial charge in [-0.2, -0.15) is 0 Å². The van der Waals surface area contributed by atoms with Crippen LogP contribution < -0.4 is 0 Å². The first kappa shape index (κ1) is 9.12. The average molecular weight is 73.1 g/mol. The van der Waals surface area contributed by atoms with Crippen molar-refractivity contribution in [1.82, 2.24) is 0 Å². The van der Waals surface area contributed by atoms with E-state index >= 15 is 0 Å². The first-order chi connectivity index (χ1) is 1.41. The molecule has 0 rings (SSSR count). The third-order valence-electron chi connectivity index (χ3n) is 0. The Kier molecular flexibility index (Phi) is 30.2. The molecule has 0 aromatic rings. The highest BCUT2D eigenvalue weighted by Gasteiger charge is 0.904. The number of hydrogen-bond donors (Lipinski definition) is 0. The summed E-state index contributed by atoms with van der Waals surface area (Å²) < 4.78 is 0. The molecule has 1 heteroatoms. The van der Waals surface area contributed by atoms with Gasteiger partial charge in [-0.05, 0) is 0 Å². The van der Waals surface area contributed by atoms with Crippen LogP contribution in [0.15, 0.2) is 18.9 Å². The van der Waals surface area contributed by atoms with Gasteiger partial charge >= 0.3 is 1.43 Å². The Labute approximate surface area is 34.8 Å². The molecule has 0 amide bonds. The minimum absolute atomic E-state index is 0. The van der Waals surface area contributed by atoms with E-state index in [-0.39, 0.29) is 14.9 Å². The van der Waals surface area contributed by atoms with Gasteiger partial charge < -0.3 is 13.5 Å². The molecule has 0 aliphatic rings. The summed E-state index contributed by atoms with van der Waals surface area (Å²) in [4.78, 5) is 0. The van der Waals surface area contributed by atoms with Crippen LogP contribution in [0.25, 0.3) is 0 Å². The van der Waals surface area contributed by atoms with E-state index in [1.54, 1.807) is 0 Å². The quantitative estimate of drug-likeness (QED) is 0.376. The van der Waals surface area contributed by atoms with Gasteiger partial charge in [0.15, 0.2) is 0 Å². The van der Waals surface area contributed by atoms with Crippen LogP contribution >= 0.6 is 0 Å². The molecule has 0 N–H and O–H groups in total. The monoisotopic (exact) mass is 73.0 g/mol. The summed E-state index contributed by atoms with van der Waals surface area (Å²) in [5, 5.41) is 0. The van der Waals surface area contributed by atoms with E-state index in [0.717, 1.165) is 0 Å². The molecule has 0 radical (unpaired) electrons. The smallest absolute Gasteiger partial charge is 1.00 e. The van der Waals surface area contributed by atoms with Gasteiger partial charge in [0, 0.05) is 0 Å². The molecule has 0 unspecified atom stereocenters. The highest BCUT2D eigenvalue weighted by Crippen LogP contribution is 1.16. The summed E-state index contributed by atoms with van der Waals surface area (Å²) in [7, 11) is 0. The third-order valence-corrected chi connectivity index (χ3v) is 0. The second-order valence-electron chi connectivity index (χ2n) is 0.250. The lowest BCUT2D eigenvalue weighted by Crippen LogP contribution is -0.844. The highest BCUT2D eigenvalue weighted by atomic mass is 32.1. The molecule has 0 fully saturated rings. The van der Waals surface area contributed by atoms with Crippen molar-refractivity contribution in [2.24, 2.45) is 0 Å². The third kappa shape index (κ3) is 83.8. The Hall–Kier alpha value is -0.130. The fourth-order valence-corrected chi connectivity index (χ4v) is 0. The summed E-state index contributed by atoms with van der Waals surface area (Å²) in [5.74, 6) is 0. The van der Waals surface area contributed by atoms with Gasteiger partial charge in [-0.1, -0.05) is 13.2 Å². The molecule has 0 heterocycles. The van der Waals surface area contributed by atoms with Gasteiger partial charge in [-0.15, -0.1) is 5.73 Å². The summed E-state index contributed by atoms with van der Waals surface area (Å²) in [6.07, 6.45) is 0. The molecule has 0 aromatic carbocycles. The molecule has 24 valence electrons. The van der Waals surface area contributed by atoms with Crippen LogP contribution in [0.4, 0.5) is 0 Å². The van der Waals surface area contributed by atoms with Crippen molar-refractivity contribution in [1.29, 1.82) is 0 Å². The van der Waals surface area contributed by atoms with Crippen molar-refractivity contribution in [3.63, 3.8) is 0 Å². The van der Waals surface area contributed by atoms with E-state index in [9.17, 15) is 0 Å². The average Bonchev–Trinajstić information content (AvgIpc) is 0.918. The van der Waals surface area contributed by atoms with Crippen LogP contribution in [-0.4, -0.2) is 0 Å². The van der Waals surface area contributed by atoms with Gasteiger partial charge in [0.1, 0.15) is 0 Å². The molecular formula is C3H5S-. The lowest BCUT2D eigenvalue weighted by Gasteiger charge is -2.00. The topological polar surface area (TPSA) is 0 Å². The Morgan fingerprint density at radius 3 is 1.50 bits per heavy atom. The largest absolute Gasteiger partial charge is 2.00 e. The van der Waals surface area contributed by atoms with Gasteiger partial charge in [0.2, 0.25) is 0 Å². The van der Waals surface area contributed by atoms with Gasteiger partial charge in [0.05, 0.1) is 0 Å². The van der Waals surface area contributed by atoms with Crippen molar-refractivity contribution in [2.75, 3.05) is 0 Å². The maximum absolute atomic E-state index is 3.12. The molecule has 0 spiro atoms. The van der Waals surface area contributed by atoms with E-state index in [2.05, 4.69) is 18.9 Å². The predicted molar refractivity (Wildman–Crippen MR) is 23.2 cm³/mol. The van der Waals surface area contributed by atoms with Gasteiger partial charge in [0.25, 0.3) is 0 Å². The molecule has 0 bridgehead atoms. The van der Waals surface area contributed by atoms with Crippen LogP contribution in [0, 0.1) is 0 Å². The number of hydrogen-bond acceptors (Lipinski definition) is 0. The molecule has 0 saturated carbocycles. The number of rotatable bonds is 0. The predicted octanol–water partition coefficient (Wildman–Crippen LogP) is 1.07. The van der Waals surface area contributed by atoms with Crippen LogP contribution in [0.3, 0.4) is 0 Å². The van der Waals surface area contributed by atoms with E-state index in [0.29, 0.717) is 0 Å². The standard InChI is InChI=1S/C3H4.S/c1-3-2;/h1-2H2;/q;-2/p+1. The fraction of sp³-hybridized carbons (Fsp3) is 0. The lowest BCUT2D eigenvalue weighted by atomic mass is 11.0. The summed E-state index contributed by atoms with van der Waals surface area (Å²) in [6, 6.07) is 0. The zero-order chi connectivity index (χ0) is 2.71. The maximum Gasteiger partial charge on any atom is 1.00 e. The molecule has 0 nitrogen and oxygen atoms in total. The summed E-state index contributed by atoms with van der Waals surface area (Å²) >= 11 is 0. The highest BCUT2D eigenvalue weighted by molar-refractivity contribution is 7.37. The molecule has 4 heavy (non-hydrogen) atoms. The summed E-state index contributed by atoms with van der Waals surface area (Å²) in [5.41, 5.74) is 2.25. The van der Waals surface area contributed by atoms with E-state index < -0.39 is 0 Å². The first-order valence-electron chi connectivity index (χ1n) is 0.707. The van der Waals surface area contributed by atoms with Crippen LogP contribution in [-0.2, 0) is 13.5 Å². The Morgan fingerprint density at radius 1 is 1.50 bits per heavy atom. The van der Waals surface area contributed by atoms with Crippen LogP contribution in [0.1, 0.15) is 1.43 Å². The molecule has 0 aromatic heterocycles. The minimum Gasteiger partial charge on any atom is -2.00 e. The Bertz CT molecular complexity index is 27.9. The molecule has 0 aliphatic carbocycles. The Morgan fingerprint density at radius 2 is 1.50 bits per heavy atom. The van der Waals surface area contributed by atoms with E-state index in [1.165, 1.54) is 0 Å². The Balaban J connectivity index is -0.0000000200. The SMILES string of the molecule is C=C=C.[H+].[S-2]. The van der Waals surface area contributed by atoms with E-state index in [1.807, 2.05) is 0 Å². The molecular weight excluding hydrogens is 68.1 g/mol. The lowest BCUT2D eigenvalue weighted by molar-refractivity contribution is 2.51. The van der Waals surface area contributed by atoms with Gasteiger partial charge in [-0.25, -0.2) is 0 Å². The fourth-order valence-electron chi connectivity index (χ4n) is 0. The molecule has 0 aliphatic heterocycles. The van der Waals surface area contributed by atoms with Crippen LogP contribution in [0.2, 0.25) is 0 Å². The molecule has 0 atom stereocenters. The van der Waals surface area contributed by atoms with Crippen LogP contribution in [0.5, 0.6) is 0 Å². The van der Waals surface area contributed by atoms with Crippen molar-refractivity contribution >= 4 is 13.5 Å². The second kappa shape index (κ2) is 13.3. The van der Waals surface area contributed by atoms with E-state index in [4.69, 9.17) is 0 Å². The maximum atomic E-state index is 3.12. The molecule has 0 saturated heterocycles. The van der Waals surface area contributed by atoms with Gasteiger partial charge in [-0.3, -0.25) is 0 Å². The first-order valence-corrected chi connectivity index (χ1v) is 0.707. The van der Waals surface area contributed by atoms with Crippen molar-refractivity contribution < 1.29 is 1.43 Å². The summed E-state index contributed by atoms with van der Waals surface area (Å²) in [6.45, 7) is 6.25. The minimum atomic E-state index is 0. The zero-order valence-electron chi connectivity index (χ0n) is 3.32. The second-order valence-corrected chi connectivity index (χ2v) is 0.250.